The first kappa shape index (κ1) is 21.5. The quantitative estimate of drug-likeness (QED) is 0.570. The minimum absolute atomic E-state index is 0.286. The Labute approximate surface area is 176 Å². The number of ether oxygens (including phenoxy) is 3. The molecule has 0 bridgehead atoms. The van der Waals surface area contributed by atoms with Gasteiger partial charge in [0.2, 0.25) is 0 Å². The molecule has 0 fully saturated rings. The van der Waals surface area contributed by atoms with E-state index in [2.05, 4.69) is 6.08 Å². The van der Waals surface area contributed by atoms with Crippen molar-refractivity contribution in [3.8, 4) is 11.5 Å². The predicted molar refractivity (Wildman–Crippen MR) is 110 cm³/mol. The number of benzene rings is 1. The molecule has 0 unspecified atom stereocenters. The van der Waals surface area contributed by atoms with E-state index in [0.717, 1.165) is 31.4 Å². The molecule has 7 nitrogen and oxygen atoms in total. The molecule has 1 aliphatic rings. The van der Waals surface area contributed by atoms with Gasteiger partial charge >= 0.3 is 5.97 Å². The van der Waals surface area contributed by atoms with Crippen LogP contribution in [-0.4, -0.2) is 37.1 Å². The zero-order chi connectivity index (χ0) is 21.3. The highest BCUT2D eigenvalue weighted by molar-refractivity contribution is 5.92. The molecular formula is C23H27NO6. The Hall–Kier alpha value is -3.22. The third-order valence-electron chi connectivity index (χ3n) is 4.83. The summed E-state index contributed by atoms with van der Waals surface area (Å²) in [7, 11) is 1.50. The summed E-state index contributed by atoms with van der Waals surface area (Å²) >= 11 is 0. The van der Waals surface area contributed by atoms with Gasteiger partial charge in [0.15, 0.2) is 18.1 Å². The van der Waals surface area contributed by atoms with Crippen LogP contribution in [0.15, 0.2) is 52.8 Å². The van der Waals surface area contributed by atoms with E-state index in [-0.39, 0.29) is 18.1 Å². The van der Waals surface area contributed by atoms with E-state index in [1.54, 1.807) is 35.4 Å². The molecule has 1 aliphatic carbocycles. The van der Waals surface area contributed by atoms with Crippen LogP contribution < -0.4 is 9.47 Å². The summed E-state index contributed by atoms with van der Waals surface area (Å²) in [5.74, 6) is 0.773. The Kier molecular flexibility index (Phi) is 7.54. The largest absolute Gasteiger partial charge is 0.493 e. The molecule has 1 aromatic heterocycles. The standard InChI is InChI=1S/C23H27NO6/c1-3-28-20-12-11-17(14-21(20)27-2)23(26)30-16-22(25)24(15-19-10-7-13-29-19)18-8-5-4-6-9-18/h7-8,10-14H,3-6,9,15-16H2,1-2H3. The maximum absolute atomic E-state index is 12.9. The average molecular weight is 413 g/mol. The minimum atomic E-state index is -0.597. The number of hydrogen-bond donors (Lipinski definition) is 0. The third-order valence-corrected chi connectivity index (χ3v) is 4.83. The van der Waals surface area contributed by atoms with E-state index in [4.69, 9.17) is 18.6 Å². The molecule has 1 amide bonds. The zero-order valence-corrected chi connectivity index (χ0v) is 17.4. The van der Waals surface area contributed by atoms with Gasteiger partial charge in [0.25, 0.3) is 5.91 Å². The van der Waals surface area contributed by atoms with Crippen molar-refractivity contribution in [1.82, 2.24) is 4.90 Å². The Morgan fingerprint density at radius 3 is 2.70 bits per heavy atom. The topological polar surface area (TPSA) is 78.2 Å². The van der Waals surface area contributed by atoms with Crippen molar-refractivity contribution >= 4 is 11.9 Å². The van der Waals surface area contributed by atoms with Crippen LogP contribution >= 0.6 is 0 Å². The van der Waals surface area contributed by atoms with E-state index in [1.807, 2.05) is 13.0 Å². The average Bonchev–Trinajstić information content (AvgIpc) is 3.30. The van der Waals surface area contributed by atoms with Crippen molar-refractivity contribution in [2.45, 2.75) is 39.2 Å². The third kappa shape index (κ3) is 5.43. The molecule has 160 valence electrons. The smallest absolute Gasteiger partial charge is 0.338 e. The summed E-state index contributed by atoms with van der Waals surface area (Å²) in [6.07, 6.45) is 7.54. The maximum Gasteiger partial charge on any atom is 0.338 e. The molecule has 1 aromatic carbocycles. The van der Waals surface area contributed by atoms with Gasteiger partial charge in [0, 0.05) is 5.70 Å². The number of allylic oxidation sites excluding steroid dienone is 2. The molecule has 0 atom stereocenters. The summed E-state index contributed by atoms with van der Waals surface area (Å²) in [5, 5.41) is 0. The molecule has 30 heavy (non-hydrogen) atoms. The molecule has 0 aliphatic heterocycles. The van der Waals surface area contributed by atoms with Gasteiger partial charge in [-0.15, -0.1) is 0 Å². The summed E-state index contributed by atoms with van der Waals surface area (Å²) in [5.41, 5.74) is 1.24. The Morgan fingerprint density at radius 1 is 1.17 bits per heavy atom. The number of hydrogen-bond acceptors (Lipinski definition) is 6. The van der Waals surface area contributed by atoms with E-state index >= 15 is 0 Å². The fourth-order valence-electron chi connectivity index (χ4n) is 3.33. The number of amides is 1. The number of esters is 1. The lowest BCUT2D eigenvalue weighted by Crippen LogP contribution is -2.34. The van der Waals surface area contributed by atoms with E-state index in [1.165, 1.54) is 7.11 Å². The maximum atomic E-state index is 12.9. The van der Waals surface area contributed by atoms with Crippen molar-refractivity contribution in [3.63, 3.8) is 0 Å². The second kappa shape index (κ2) is 10.5. The van der Waals surface area contributed by atoms with Crippen molar-refractivity contribution in [1.29, 1.82) is 0 Å². The second-order valence-electron chi connectivity index (χ2n) is 6.88. The van der Waals surface area contributed by atoms with Crippen LogP contribution in [0.1, 0.15) is 48.7 Å². The summed E-state index contributed by atoms with van der Waals surface area (Å²) in [6.45, 7) is 2.30. The Balaban J connectivity index is 1.67. The van der Waals surface area contributed by atoms with Crippen molar-refractivity contribution < 1.29 is 28.2 Å². The lowest BCUT2D eigenvalue weighted by Gasteiger charge is -2.27. The Morgan fingerprint density at radius 2 is 2.03 bits per heavy atom. The van der Waals surface area contributed by atoms with Crippen molar-refractivity contribution in [3.05, 3.63) is 59.7 Å². The SMILES string of the molecule is CCOc1ccc(C(=O)OCC(=O)N(Cc2ccco2)C2=CCCCC2)cc1OC. The molecule has 0 saturated heterocycles. The van der Waals surface area contributed by atoms with Gasteiger partial charge in [-0.3, -0.25) is 4.79 Å². The highest BCUT2D eigenvalue weighted by Crippen LogP contribution is 2.28. The number of rotatable bonds is 9. The van der Waals surface area contributed by atoms with Gasteiger partial charge in [-0.05, 0) is 62.9 Å². The predicted octanol–water partition coefficient (Wildman–Crippen LogP) is 4.33. The monoisotopic (exact) mass is 413 g/mol. The summed E-state index contributed by atoms with van der Waals surface area (Å²) in [4.78, 5) is 27.0. The Bertz CT molecular complexity index is 887. The van der Waals surface area contributed by atoms with Crippen LogP contribution in [0.4, 0.5) is 0 Å². The van der Waals surface area contributed by atoms with Gasteiger partial charge in [0.05, 0.1) is 32.1 Å². The summed E-state index contributed by atoms with van der Waals surface area (Å²) < 4.78 is 21.4. The molecular weight excluding hydrogens is 386 g/mol. The lowest BCUT2D eigenvalue weighted by atomic mass is 10.0. The molecule has 7 heteroatoms. The lowest BCUT2D eigenvalue weighted by molar-refractivity contribution is -0.133. The van der Waals surface area contributed by atoms with Crippen LogP contribution in [0.25, 0.3) is 0 Å². The number of carbonyl (C=O) groups is 2. The van der Waals surface area contributed by atoms with Crippen LogP contribution in [0.2, 0.25) is 0 Å². The van der Waals surface area contributed by atoms with E-state index < -0.39 is 5.97 Å². The van der Waals surface area contributed by atoms with Crippen LogP contribution in [0.3, 0.4) is 0 Å². The highest BCUT2D eigenvalue weighted by atomic mass is 16.5. The van der Waals surface area contributed by atoms with Gasteiger partial charge in [-0.2, -0.15) is 0 Å². The number of methoxy groups -OCH3 is 1. The van der Waals surface area contributed by atoms with Gasteiger partial charge in [-0.1, -0.05) is 6.08 Å². The van der Waals surface area contributed by atoms with Crippen molar-refractivity contribution in [2.75, 3.05) is 20.3 Å². The molecule has 1 heterocycles. The second-order valence-corrected chi connectivity index (χ2v) is 6.88. The minimum Gasteiger partial charge on any atom is -0.493 e. The molecule has 2 aromatic rings. The normalized spacial score (nSPS) is 13.3. The fraction of sp³-hybridized carbons (Fsp3) is 0.391. The first-order valence-corrected chi connectivity index (χ1v) is 10.1. The van der Waals surface area contributed by atoms with E-state index in [9.17, 15) is 9.59 Å². The molecule has 0 spiro atoms. The van der Waals surface area contributed by atoms with Crippen LogP contribution in [0.5, 0.6) is 11.5 Å². The number of carbonyl (C=O) groups excluding carboxylic acids is 2. The van der Waals surface area contributed by atoms with Crippen LogP contribution in [-0.2, 0) is 16.1 Å². The number of furan rings is 1. The molecule has 0 radical (unpaired) electrons. The molecule has 0 N–H and O–H groups in total. The van der Waals surface area contributed by atoms with Gasteiger partial charge in [0.1, 0.15) is 5.76 Å². The fourth-order valence-corrected chi connectivity index (χ4v) is 3.33. The van der Waals surface area contributed by atoms with Gasteiger partial charge in [-0.25, -0.2) is 4.79 Å². The number of nitrogens with zero attached hydrogens (tertiary/aromatic N) is 1. The summed E-state index contributed by atoms with van der Waals surface area (Å²) in [6, 6.07) is 8.39. The zero-order valence-electron chi connectivity index (χ0n) is 17.4. The first-order valence-electron chi connectivity index (χ1n) is 10.1. The van der Waals surface area contributed by atoms with E-state index in [0.29, 0.717) is 30.4 Å². The van der Waals surface area contributed by atoms with Gasteiger partial charge < -0.3 is 23.5 Å². The first-order chi connectivity index (χ1) is 14.6. The molecule has 3 rings (SSSR count). The van der Waals surface area contributed by atoms with Crippen LogP contribution in [0, 0.1) is 0 Å². The highest BCUT2D eigenvalue weighted by Gasteiger charge is 2.23. The molecule has 0 saturated carbocycles. The van der Waals surface area contributed by atoms with Crippen molar-refractivity contribution in [2.24, 2.45) is 0 Å².